The second kappa shape index (κ2) is 10.1. The van der Waals surface area contributed by atoms with Crippen LogP contribution in [-0.4, -0.2) is 67.1 Å². The topological polar surface area (TPSA) is 85.3 Å². The van der Waals surface area contributed by atoms with Gasteiger partial charge >= 0.3 is 12.8 Å². The van der Waals surface area contributed by atoms with E-state index < -0.39 is 12.2 Å². The van der Waals surface area contributed by atoms with Gasteiger partial charge in [-0.2, -0.15) is 0 Å². The van der Waals surface area contributed by atoms with E-state index in [0.29, 0.717) is 6.42 Å². The molecule has 0 aromatic heterocycles. The van der Waals surface area contributed by atoms with E-state index in [0.717, 1.165) is 44.2 Å². The fourth-order valence-electron chi connectivity index (χ4n) is 2.14. The Morgan fingerprint density at radius 2 is 2.00 bits per heavy atom. The quantitative estimate of drug-likeness (QED) is 0.350. The van der Waals surface area contributed by atoms with Gasteiger partial charge in [0.1, 0.15) is 6.61 Å². The van der Waals surface area contributed by atoms with E-state index in [1.807, 2.05) is 13.8 Å². The van der Waals surface area contributed by atoms with Crippen LogP contribution in [0.25, 0.3) is 0 Å². The van der Waals surface area contributed by atoms with Crippen LogP contribution in [0.15, 0.2) is 0 Å². The lowest BCUT2D eigenvalue weighted by molar-refractivity contribution is -0.153. The van der Waals surface area contributed by atoms with Crippen molar-refractivity contribution in [3.8, 4) is 0 Å². The third-order valence-corrected chi connectivity index (χ3v) is 6.77. The van der Waals surface area contributed by atoms with Crippen LogP contribution in [-0.2, 0) is 23.4 Å². The zero-order valence-corrected chi connectivity index (χ0v) is 16.7. The van der Waals surface area contributed by atoms with Gasteiger partial charge in [-0.05, 0) is 52.0 Å². The standard InChI is InChI=1S/C15H30NO6PS/c1-13(2)22-23(18,19)24-12-11-21-14(17)15(3,4)5-6-16-7-9-20-10-8-16/h13H,5-12H2,1-4H3,(H,18,19). The van der Waals surface area contributed by atoms with Crippen LogP contribution >= 0.6 is 18.2 Å². The molecule has 1 aliphatic heterocycles. The summed E-state index contributed by atoms with van der Waals surface area (Å²) in [5, 5.41) is 0. The van der Waals surface area contributed by atoms with Crippen molar-refractivity contribution in [3.05, 3.63) is 0 Å². The highest BCUT2D eigenvalue weighted by Crippen LogP contribution is 2.56. The summed E-state index contributed by atoms with van der Waals surface area (Å²) in [6.07, 6.45) is 0.378. The van der Waals surface area contributed by atoms with Crippen molar-refractivity contribution >= 4 is 24.1 Å². The highest BCUT2D eigenvalue weighted by Gasteiger charge is 2.30. The SMILES string of the molecule is CC(C)OP(=O)(O)SCCOC(=O)C(C)(C)CCN1CCOCC1. The Morgan fingerprint density at radius 1 is 1.38 bits per heavy atom. The molecule has 1 unspecified atom stereocenters. The van der Waals surface area contributed by atoms with Gasteiger partial charge in [0.15, 0.2) is 0 Å². The number of rotatable bonds is 10. The summed E-state index contributed by atoms with van der Waals surface area (Å²) < 4.78 is 27.2. The Balaban J connectivity index is 2.25. The van der Waals surface area contributed by atoms with Gasteiger partial charge in [0.25, 0.3) is 0 Å². The normalized spacial score (nSPS) is 19.2. The van der Waals surface area contributed by atoms with E-state index in [9.17, 15) is 14.3 Å². The molecule has 1 saturated heterocycles. The molecular formula is C15H30NO6PS. The lowest BCUT2D eigenvalue weighted by atomic mass is 9.89. The molecule has 0 aliphatic carbocycles. The summed E-state index contributed by atoms with van der Waals surface area (Å²) in [6, 6.07) is 0. The van der Waals surface area contributed by atoms with E-state index in [1.165, 1.54) is 0 Å². The summed E-state index contributed by atoms with van der Waals surface area (Å²) in [4.78, 5) is 24.1. The number of esters is 1. The van der Waals surface area contributed by atoms with Crippen molar-refractivity contribution in [1.82, 2.24) is 4.90 Å². The number of hydrogen-bond acceptors (Lipinski definition) is 7. The highest BCUT2D eigenvalue weighted by atomic mass is 32.7. The summed E-state index contributed by atoms with van der Waals surface area (Å²) in [7, 11) is 0. The number of morpholine rings is 1. The van der Waals surface area contributed by atoms with Crippen LogP contribution in [0.5, 0.6) is 0 Å². The van der Waals surface area contributed by atoms with Gasteiger partial charge in [0, 0.05) is 18.8 Å². The van der Waals surface area contributed by atoms with Crippen molar-refractivity contribution in [3.63, 3.8) is 0 Å². The largest absolute Gasteiger partial charge is 0.464 e. The molecule has 0 saturated carbocycles. The number of nitrogens with zero attached hydrogens (tertiary/aromatic N) is 1. The Labute approximate surface area is 148 Å². The predicted molar refractivity (Wildman–Crippen MR) is 95.1 cm³/mol. The molecule has 0 bridgehead atoms. The molecule has 0 aromatic rings. The molecule has 0 amide bonds. The number of carbonyl (C=O) groups is 1. The van der Waals surface area contributed by atoms with Crippen LogP contribution in [0.2, 0.25) is 0 Å². The summed E-state index contributed by atoms with van der Waals surface area (Å²) >= 11 is 0.785. The number of ether oxygens (including phenoxy) is 2. The predicted octanol–water partition coefficient (Wildman–Crippen LogP) is 2.54. The molecule has 1 rings (SSSR count). The fourth-order valence-corrected chi connectivity index (χ4v) is 4.74. The summed E-state index contributed by atoms with van der Waals surface area (Å²) in [5.74, 6) is -0.0555. The molecule has 1 fully saturated rings. The lowest BCUT2D eigenvalue weighted by Gasteiger charge is -2.30. The number of hydrogen-bond donors (Lipinski definition) is 1. The Morgan fingerprint density at radius 3 is 2.58 bits per heavy atom. The first-order valence-corrected chi connectivity index (χ1v) is 11.4. The minimum atomic E-state index is -3.67. The van der Waals surface area contributed by atoms with Crippen molar-refractivity contribution in [2.24, 2.45) is 5.41 Å². The van der Waals surface area contributed by atoms with Crippen LogP contribution in [0.1, 0.15) is 34.1 Å². The van der Waals surface area contributed by atoms with E-state index in [-0.39, 0.29) is 24.4 Å². The zero-order valence-electron chi connectivity index (χ0n) is 15.0. The molecule has 1 heterocycles. The van der Waals surface area contributed by atoms with Gasteiger partial charge in [-0.1, -0.05) is 0 Å². The van der Waals surface area contributed by atoms with E-state index in [1.54, 1.807) is 13.8 Å². The fraction of sp³-hybridized carbons (Fsp3) is 0.933. The monoisotopic (exact) mass is 383 g/mol. The van der Waals surface area contributed by atoms with Crippen LogP contribution < -0.4 is 0 Å². The van der Waals surface area contributed by atoms with Crippen molar-refractivity contribution in [2.75, 3.05) is 45.2 Å². The lowest BCUT2D eigenvalue weighted by Crippen LogP contribution is -2.39. The molecule has 0 spiro atoms. The molecule has 7 nitrogen and oxygen atoms in total. The maximum Gasteiger partial charge on any atom is 0.386 e. The molecule has 1 N–H and O–H groups in total. The van der Waals surface area contributed by atoms with E-state index in [2.05, 4.69) is 4.90 Å². The third-order valence-electron chi connectivity index (χ3n) is 3.62. The molecule has 9 heteroatoms. The smallest absolute Gasteiger partial charge is 0.386 e. The maximum absolute atomic E-state index is 12.2. The molecule has 0 aromatic carbocycles. The van der Waals surface area contributed by atoms with Crippen molar-refractivity contribution < 1.29 is 28.3 Å². The van der Waals surface area contributed by atoms with Gasteiger partial charge in [0.05, 0.1) is 24.7 Å². The molecule has 142 valence electrons. The van der Waals surface area contributed by atoms with Gasteiger partial charge < -0.3 is 14.4 Å². The Bertz CT molecular complexity index is 440. The average molecular weight is 383 g/mol. The molecule has 0 radical (unpaired) electrons. The molecular weight excluding hydrogens is 353 g/mol. The minimum Gasteiger partial charge on any atom is -0.464 e. The van der Waals surface area contributed by atoms with E-state index >= 15 is 0 Å². The first-order chi connectivity index (χ1) is 11.1. The molecule has 1 aliphatic rings. The van der Waals surface area contributed by atoms with Gasteiger partial charge in [-0.3, -0.25) is 14.2 Å². The van der Waals surface area contributed by atoms with Gasteiger partial charge in [0.2, 0.25) is 0 Å². The number of carbonyl (C=O) groups excluding carboxylic acids is 1. The zero-order chi connectivity index (χ0) is 18.2. The second-order valence-corrected chi connectivity index (χ2v) is 10.7. The third kappa shape index (κ3) is 8.83. The molecule has 1 atom stereocenters. The summed E-state index contributed by atoms with van der Waals surface area (Å²) in [5.41, 5.74) is -0.583. The Hall–Kier alpha value is -0.110. The molecule has 24 heavy (non-hydrogen) atoms. The van der Waals surface area contributed by atoms with Crippen LogP contribution in [0, 0.1) is 5.41 Å². The van der Waals surface area contributed by atoms with Crippen molar-refractivity contribution in [1.29, 1.82) is 0 Å². The highest BCUT2D eigenvalue weighted by molar-refractivity contribution is 8.54. The van der Waals surface area contributed by atoms with Crippen LogP contribution in [0.3, 0.4) is 0 Å². The maximum atomic E-state index is 12.2. The summed E-state index contributed by atoms with van der Waals surface area (Å²) in [6.45, 7) is 7.62. The van der Waals surface area contributed by atoms with Crippen LogP contribution in [0.4, 0.5) is 0 Å². The first-order valence-electron chi connectivity index (χ1n) is 8.25. The minimum absolute atomic E-state index is 0.0937. The Kier molecular flexibility index (Phi) is 9.27. The van der Waals surface area contributed by atoms with Gasteiger partial charge in [-0.25, -0.2) is 4.57 Å². The van der Waals surface area contributed by atoms with Gasteiger partial charge in [-0.15, -0.1) is 0 Å². The first kappa shape index (κ1) is 21.9. The average Bonchev–Trinajstić information content (AvgIpc) is 2.49. The second-order valence-electron chi connectivity index (χ2n) is 6.68. The van der Waals surface area contributed by atoms with E-state index in [4.69, 9.17) is 14.0 Å². The van der Waals surface area contributed by atoms with Crippen molar-refractivity contribution in [2.45, 2.75) is 40.2 Å².